The Morgan fingerprint density at radius 2 is 2.31 bits per heavy atom. The molecule has 1 aliphatic heterocycles. The normalized spacial score (nSPS) is 20.4. The van der Waals surface area contributed by atoms with Gasteiger partial charge in [-0.1, -0.05) is 17.3 Å². The topological polar surface area (TPSA) is 41.3 Å². The molecule has 1 aromatic carbocycles. The molecule has 0 amide bonds. The summed E-state index contributed by atoms with van der Waals surface area (Å²) in [5.74, 6) is 0.948. The molecule has 0 spiro atoms. The number of likely N-dealkylation sites (N-methyl/N-ethyl adjacent to an activating group) is 1. The molecule has 1 fully saturated rings. The summed E-state index contributed by atoms with van der Waals surface area (Å²) in [6, 6.07) is 8.51. The van der Waals surface area contributed by atoms with Crippen molar-refractivity contribution in [1.29, 1.82) is 0 Å². The van der Waals surface area contributed by atoms with E-state index in [2.05, 4.69) is 28.5 Å². The van der Waals surface area contributed by atoms with E-state index in [4.69, 9.17) is 4.52 Å². The first-order valence-corrected chi connectivity index (χ1v) is 5.64. The minimum absolute atomic E-state index is 0.522. The highest BCUT2D eigenvalue weighted by Crippen LogP contribution is 2.27. The number of aromatic nitrogens is 1. The van der Waals surface area contributed by atoms with Crippen LogP contribution in [0, 0.1) is 0 Å². The molecule has 1 aromatic heterocycles. The van der Waals surface area contributed by atoms with Crippen LogP contribution in [0.15, 0.2) is 28.8 Å². The molecular formula is C12H15N3O. The first-order valence-electron chi connectivity index (χ1n) is 5.64. The van der Waals surface area contributed by atoms with Crippen molar-refractivity contribution in [2.24, 2.45) is 0 Å². The van der Waals surface area contributed by atoms with Gasteiger partial charge in [-0.05, 0) is 25.1 Å². The lowest BCUT2D eigenvalue weighted by atomic mass is 10.2. The van der Waals surface area contributed by atoms with Gasteiger partial charge < -0.3 is 14.7 Å². The monoisotopic (exact) mass is 217 g/mol. The lowest BCUT2D eigenvalue weighted by Gasteiger charge is -2.22. The van der Waals surface area contributed by atoms with Crippen LogP contribution in [0.1, 0.15) is 6.42 Å². The SMILES string of the molecule is CN(c1noc2ccccc12)C1CCNC1. The largest absolute Gasteiger partial charge is 0.354 e. The van der Waals surface area contributed by atoms with E-state index in [-0.39, 0.29) is 0 Å². The van der Waals surface area contributed by atoms with E-state index in [9.17, 15) is 0 Å². The third-order valence-corrected chi connectivity index (χ3v) is 3.27. The smallest absolute Gasteiger partial charge is 0.179 e. The molecular weight excluding hydrogens is 202 g/mol. The van der Waals surface area contributed by atoms with E-state index in [1.54, 1.807) is 0 Å². The summed E-state index contributed by atoms with van der Waals surface area (Å²) in [4.78, 5) is 2.21. The quantitative estimate of drug-likeness (QED) is 0.830. The molecule has 84 valence electrons. The number of fused-ring (bicyclic) bond motifs is 1. The minimum Gasteiger partial charge on any atom is -0.354 e. The van der Waals surface area contributed by atoms with Crippen LogP contribution in [0.5, 0.6) is 0 Å². The number of rotatable bonds is 2. The fourth-order valence-electron chi connectivity index (χ4n) is 2.27. The van der Waals surface area contributed by atoms with Gasteiger partial charge >= 0.3 is 0 Å². The fraction of sp³-hybridized carbons (Fsp3) is 0.417. The molecule has 4 nitrogen and oxygen atoms in total. The van der Waals surface area contributed by atoms with Crippen LogP contribution in [0.4, 0.5) is 5.82 Å². The Hall–Kier alpha value is -1.55. The van der Waals surface area contributed by atoms with Crippen molar-refractivity contribution in [3.05, 3.63) is 24.3 Å². The molecule has 1 atom stereocenters. The number of anilines is 1. The second kappa shape index (κ2) is 3.79. The maximum Gasteiger partial charge on any atom is 0.179 e. The van der Waals surface area contributed by atoms with Crippen LogP contribution in [0.25, 0.3) is 11.0 Å². The molecule has 0 saturated carbocycles. The van der Waals surface area contributed by atoms with Crippen LogP contribution < -0.4 is 10.2 Å². The summed E-state index contributed by atoms with van der Waals surface area (Å²) in [6.45, 7) is 2.11. The highest BCUT2D eigenvalue weighted by Gasteiger charge is 2.22. The predicted octanol–water partition coefficient (Wildman–Crippen LogP) is 1.63. The average Bonchev–Trinajstić information content (AvgIpc) is 2.98. The number of benzene rings is 1. The van der Waals surface area contributed by atoms with E-state index in [0.29, 0.717) is 6.04 Å². The van der Waals surface area contributed by atoms with Crippen LogP contribution in [0.3, 0.4) is 0 Å². The van der Waals surface area contributed by atoms with Crippen molar-refractivity contribution in [3.8, 4) is 0 Å². The molecule has 4 heteroatoms. The summed E-state index contributed by atoms with van der Waals surface area (Å²) in [5.41, 5.74) is 0.857. The lowest BCUT2D eigenvalue weighted by molar-refractivity contribution is 0.453. The van der Waals surface area contributed by atoms with Crippen LogP contribution in [-0.2, 0) is 0 Å². The van der Waals surface area contributed by atoms with Gasteiger partial charge in [0.05, 0.1) is 5.39 Å². The summed E-state index contributed by atoms with van der Waals surface area (Å²) in [7, 11) is 2.09. The van der Waals surface area contributed by atoms with Crippen molar-refractivity contribution in [2.45, 2.75) is 12.5 Å². The highest BCUT2D eigenvalue weighted by atomic mass is 16.5. The summed E-state index contributed by atoms with van der Waals surface area (Å²) in [5, 5.41) is 8.62. The summed E-state index contributed by atoms with van der Waals surface area (Å²) >= 11 is 0. The second-order valence-corrected chi connectivity index (χ2v) is 4.26. The molecule has 3 rings (SSSR count). The van der Waals surface area contributed by atoms with Gasteiger partial charge in [-0.2, -0.15) is 0 Å². The van der Waals surface area contributed by atoms with E-state index < -0.39 is 0 Å². The van der Waals surface area contributed by atoms with E-state index in [1.165, 1.54) is 0 Å². The Labute approximate surface area is 94.2 Å². The molecule has 0 bridgehead atoms. The van der Waals surface area contributed by atoms with Gasteiger partial charge in [-0.15, -0.1) is 0 Å². The Balaban J connectivity index is 1.98. The standard InChI is InChI=1S/C12H15N3O/c1-15(9-6-7-13-8-9)12-10-4-2-3-5-11(10)16-14-12/h2-5,9,13H,6-8H2,1H3. The third kappa shape index (κ3) is 1.46. The molecule has 1 aliphatic rings. The molecule has 16 heavy (non-hydrogen) atoms. The molecule has 1 N–H and O–H groups in total. The van der Waals surface area contributed by atoms with Crippen molar-refractivity contribution in [1.82, 2.24) is 10.5 Å². The number of nitrogens with zero attached hydrogens (tertiary/aromatic N) is 2. The van der Waals surface area contributed by atoms with Gasteiger partial charge in [0.25, 0.3) is 0 Å². The zero-order valence-corrected chi connectivity index (χ0v) is 9.31. The van der Waals surface area contributed by atoms with E-state index in [0.717, 1.165) is 36.3 Å². The van der Waals surface area contributed by atoms with Crippen LogP contribution in [-0.4, -0.2) is 31.3 Å². The van der Waals surface area contributed by atoms with Crippen LogP contribution in [0.2, 0.25) is 0 Å². The van der Waals surface area contributed by atoms with Gasteiger partial charge in [-0.3, -0.25) is 0 Å². The highest BCUT2D eigenvalue weighted by molar-refractivity contribution is 5.88. The Kier molecular flexibility index (Phi) is 2.29. The lowest BCUT2D eigenvalue weighted by Crippen LogP contribution is -2.33. The van der Waals surface area contributed by atoms with E-state index in [1.807, 2.05) is 18.2 Å². The first-order chi connectivity index (χ1) is 7.86. The second-order valence-electron chi connectivity index (χ2n) is 4.26. The molecule has 2 heterocycles. The third-order valence-electron chi connectivity index (χ3n) is 3.27. The maximum absolute atomic E-state index is 5.32. The number of hydrogen-bond acceptors (Lipinski definition) is 4. The van der Waals surface area contributed by atoms with E-state index >= 15 is 0 Å². The molecule has 0 radical (unpaired) electrons. The van der Waals surface area contributed by atoms with Gasteiger partial charge in [0.1, 0.15) is 0 Å². The van der Waals surface area contributed by atoms with Crippen molar-refractivity contribution in [2.75, 3.05) is 25.0 Å². The average molecular weight is 217 g/mol. The molecule has 2 aromatic rings. The molecule has 1 saturated heterocycles. The van der Waals surface area contributed by atoms with Gasteiger partial charge in [0.2, 0.25) is 0 Å². The zero-order valence-electron chi connectivity index (χ0n) is 9.31. The van der Waals surface area contributed by atoms with Crippen molar-refractivity contribution >= 4 is 16.8 Å². The Morgan fingerprint density at radius 3 is 3.12 bits per heavy atom. The zero-order chi connectivity index (χ0) is 11.0. The van der Waals surface area contributed by atoms with Crippen LogP contribution >= 0.6 is 0 Å². The number of nitrogens with one attached hydrogen (secondary N) is 1. The first kappa shape index (κ1) is 9.66. The minimum atomic E-state index is 0.522. The molecule has 1 unspecified atom stereocenters. The number of para-hydroxylation sites is 1. The van der Waals surface area contributed by atoms with Gasteiger partial charge in [-0.25, -0.2) is 0 Å². The fourth-order valence-corrected chi connectivity index (χ4v) is 2.27. The Bertz CT molecular complexity index is 488. The molecule has 0 aliphatic carbocycles. The van der Waals surface area contributed by atoms with Gasteiger partial charge in [0.15, 0.2) is 11.4 Å². The van der Waals surface area contributed by atoms with Gasteiger partial charge in [0, 0.05) is 19.6 Å². The number of hydrogen-bond donors (Lipinski definition) is 1. The van der Waals surface area contributed by atoms with Crippen molar-refractivity contribution in [3.63, 3.8) is 0 Å². The summed E-state index contributed by atoms with van der Waals surface area (Å²) in [6.07, 6.45) is 1.16. The predicted molar refractivity (Wildman–Crippen MR) is 63.7 cm³/mol. The Morgan fingerprint density at radius 1 is 1.44 bits per heavy atom. The summed E-state index contributed by atoms with van der Waals surface area (Å²) < 4.78 is 5.32. The maximum atomic E-state index is 5.32. The van der Waals surface area contributed by atoms with Crippen molar-refractivity contribution < 1.29 is 4.52 Å².